The highest BCUT2D eigenvalue weighted by atomic mass is 16.2. The Bertz CT molecular complexity index is 760. The van der Waals surface area contributed by atoms with Crippen LogP contribution in [0.4, 0.5) is 0 Å². The van der Waals surface area contributed by atoms with Crippen LogP contribution >= 0.6 is 0 Å². The summed E-state index contributed by atoms with van der Waals surface area (Å²) in [5.41, 5.74) is 0.250. The summed E-state index contributed by atoms with van der Waals surface area (Å²) >= 11 is 0. The maximum Gasteiger partial charge on any atom is 0.255 e. The number of nitrogens with one attached hydrogen (secondary N) is 2. The van der Waals surface area contributed by atoms with Crippen molar-refractivity contribution in [2.75, 3.05) is 6.54 Å². The molecule has 6 heteroatoms. The fraction of sp³-hybridized carbons (Fsp3) is 0.267. The molecular formula is C15H15N3O3. The molecule has 1 aliphatic rings. The fourth-order valence-corrected chi connectivity index (χ4v) is 2.53. The number of rotatable bonds is 1. The summed E-state index contributed by atoms with van der Waals surface area (Å²) in [6.07, 6.45) is 1.75. The molecule has 1 aliphatic heterocycles. The maximum atomic E-state index is 12.8. The van der Waals surface area contributed by atoms with Crippen LogP contribution in [0.3, 0.4) is 0 Å². The Morgan fingerprint density at radius 2 is 2.00 bits per heavy atom. The van der Waals surface area contributed by atoms with E-state index in [1.807, 2.05) is 6.07 Å². The molecule has 3 rings (SSSR count). The predicted molar refractivity (Wildman–Crippen MR) is 76.6 cm³/mol. The Hall–Kier alpha value is -2.63. The van der Waals surface area contributed by atoms with E-state index < -0.39 is 17.4 Å². The first kappa shape index (κ1) is 13.4. The molecule has 3 amide bonds. The average molecular weight is 285 g/mol. The Balaban J connectivity index is 2.06. The first-order valence-corrected chi connectivity index (χ1v) is 6.63. The van der Waals surface area contributed by atoms with Gasteiger partial charge in [0, 0.05) is 22.7 Å². The lowest BCUT2D eigenvalue weighted by molar-refractivity contribution is -0.143. The number of imide groups is 1. The smallest absolute Gasteiger partial charge is 0.255 e. The Morgan fingerprint density at radius 3 is 2.76 bits per heavy atom. The molecule has 2 heterocycles. The number of nitrogens with zero attached hydrogens (tertiary/aromatic N) is 1. The summed E-state index contributed by atoms with van der Waals surface area (Å²) in [5, 5.41) is 3.03. The van der Waals surface area contributed by atoms with E-state index in [9.17, 15) is 14.4 Å². The zero-order valence-corrected chi connectivity index (χ0v) is 11.8. The van der Waals surface area contributed by atoms with Gasteiger partial charge in [0.15, 0.2) is 0 Å². The molecular weight excluding hydrogens is 270 g/mol. The van der Waals surface area contributed by atoms with E-state index in [0.29, 0.717) is 5.56 Å². The normalized spacial score (nSPS) is 17.9. The van der Waals surface area contributed by atoms with E-state index in [1.165, 1.54) is 4.90 Å². The predicted octanol–water partition coefficient (Wildman–Crippen LogP) is 1.05. The van der Waals surface area contributed by atoms with Crippen LogP contribution < -0.4 is 5.32 Å². The molecule has 1 aromatic heterocycles. The van der Waals surface area contributed by atoms with Gasteiger partial charge in [0.1, 0.15) is 12.1 Å². The number of aromatic amines is 1. The highest BCUT2D eigenvalue weighted by Gasteiger charge is 2.43. The van der Waals surface area contributed by atoms with E-state index >= 15 is 0 Å². The van der Waals surface area contributed by atoms with Crippen molar-refractivity contribution >= 4 is 28.6 Å². The van der Waals surface area contributed by atoms with Crippen LogP contribution in [0.25, 0.3) is 10.9 Å². The van der Waals surface area contributed by atoms with Crippen molar-refractivity contribution in [2.24, 2.45) is 0 Å². The van der Waals surface area contributed by atoms with Gasteiger partial charge in [-0.05, 0) is 32.0 Å². The van der Waals surface area contributed by atoms with E-state index in [4.69, 9.17) is 0 Å². The lowest BCUT2D eigenvalue weighted by Crippen LogP contribution is -2.65. The van der Waals surface area contributed by atoms with Crippen LogP contribution in [0.5, 0.6) is 0 Å². The summed E-state index contributed by atoms with van der Waals surface area (Å²) in [7, 11) is 0. The van der Waals surface area contributed by atoms with Gasteiger partial charge in [-0.2, -0.15) is 0 Å². The largest absolute Gasteiger partial charge is 0.361 e. The third-order valence-corrected chi connectivity index (χ3v) is 3.86. The molecule has 21 heavy (non-hydrogen) atoms. The Labute approximate surface area is 121 Å². The SMILES string of the molecule is CC1(C)C(=O)NC(=O)CN1C(=O)c1cccc2[nH]ccc12. The number of benzene rings is 1. The number of H-pyrrole nitrogens is 1. The molecule has 0 saturated carbocycles. The number of hydrogen-bond donors (Lipinski definition) is 2. The monoisotopic (exact) mass is 285 g/mol. The lowest BCUT2D eigenvalue weighted by atomic mass is 9.96. The number of carbonyl (C=O) groups excluding carboxylic acids is 3. The van der Waals surface area contributed by atoms with Crippen LogP contribution in [-0.4, -0.2) is 39.7 Å². The van der Waals surface area contributed by atoms with Crippen molar-refractivity contribution in [1.82, 2.24) is 15.2 Å². The van der Waals surface area contributed by atoms with Crippen LogP contribution in [0.2, 0.25) is 0 Å². The Morgan fingerprint density at radius 1 is 1.24 bits per heavy atom. The minimum atomic E-state index is -1.07. The first-order valence-electron chi connectivity index (χ1n) is 6.63. The van der Waals surface area contributed by atoms with E-state index in [0.717, 1.165) is 10.9 Å². The van der Waals surface area contributed by atoms with Crippen molar-refractivity contribution in [3.05, 3.63) is 36.0 Å². The first-order chi connectivity index (χ1) is 9.91. The average Bonchev–Trinajstić information content (AvgIpc) is 2.90. The molecule has 1 saturated heterocycles. The zero-order chi connectivity index (χ0) is 15.2. The third-order valence-electron chi connectivity index (χ3n) is 3.86. The fourth-order valence-electron chi connectivity index (χ4n) is 2.53. The van der Waals surface area contributed by atoms with Gasteiger partial charge in [-0.15, -0.1) is 0 Å². The standard InChI is InChI=1S/C15H15N3O3/c1-15(2)14(21)17-12(19)8-18(15)13(20)10-4-3-5-11-9(10)6-7-16-11/h3-7,16H,8H2,1-2H3,(H,17,19,21). The molecule has 108 valence electrons. The second kappa shape index (κ2) is 4.44. The van der Waals surface area contributed by atoms with Gasteiger partial charge >= 0.3 is 0 Å². The summed E-state index contributed by atoms with van der Waals surface area (Å²) in [4.78, 5) is 40.7. The topological polar surface area (TPSA) is 82.3 Å². The number of hydrogen-bond acceptors (Lipinski definition) is 3. The quantitative estimate of drug-likeness (QED) is 0.768. The molecule has 0 aliphatic carbocycles. The van der Waals surface area contributed by atoms with Crippen molar-refractivity contribution in [2.45, 2.75) is 19.4 Å². The third kappa shape index (κ3) is 1.99. The molecule has 6 nitrogen and oxygen atoms in total. The number of carbonyl (C=O) groups is 3. The number of fused-ring (bicyclic) bond motifs is 1. The lowest BCUT2D eigenvalue weighted by Gasteiger charge is -2.40. The second-order valence-electron chi connectivity index (χ2n) is 5.57. The number of aromatic nitrogens is 1. The van der Waals surface area contributed by atoms with Gasteiger partial charge < -0.3 is 9.88 Å². The van der Waals surface area contributed by atoms with Gasteiger partial charge in [-0.1, -0.05) is 6.07 Å². The second-order valence-corrected chi connectivity index (χ2v) is 5.57. The highest BCUT2D eigenvalue weighted by Crippen LogP contribution is 2.25. The highest BCUT2D eigenvalue weighted by molar-refractivity contribution is 6.12. The van der Waals surface area contributed by atoms with Gasteiger partial charge in [-0.25, -0.2) is 0 Å². The molecule has 0 radical (unpaired) electrons. The van der Waals surface area contributed by atoms with Crippen molar-refractivity contribution in [1.29, 1.82) is 0 Å². The van der Waals surface area contributed by atoms with Crippen LogP contribution in [0, 0.1) is 0 Å². The van der Waals surface area contributed by atoms with Crippen molar-refractivity contribution in [3.8, 4) is 0 Å². The maximum absolute atomic E-state index is 12.8. The summed E-state index contributed by atoms with van der Waals surface area (Å²) in [6.45, 7) is 3.13. The molecule has 1 aromatic carbocycles. The van der Waals surface area contributed by atoms with Gasteiger partial charge in [0.05, 0.1) is 0 Å². The summed E-state index contributed by atoms with van der Waals surface area (Å²) in [5.74, 6) is -1.25. The summed E-state index contributed by atoms with van der Waals surface area (Å²) < 4.78 is 0. The van der Waals surface area contributed by atoms with Gasteiger partial charge in [0.25, 0.3) is 11.8 Å². The molecule has 2 N–H and O–H groups in total. The number of amides is 3. The molecule has 0 atom stereocenters. The minimum absolute atomic E-state index is 0.127. The molecule has 2 aromatic rings. The van der Waals surface area contributed by atoms with Crippen molar-refractivity contribution in [3.63, 3.8) is 0 Å². The van der Waals surface area contributed by atoms with Crippen LogP contribution in [0.1, 0.15) is 24.2 Å². The van der Waals surface area contributed by atoms with Crippen LogP contribution in [0.15, 0.2) is 30.5 Å². The number of piperazine rings is 1. The van der Waals surface area contributed by atoms with Gasteiger partial charge in [-0.3, -0.25) is 19.7 Å². The zero-order valence-electron chi connectivity index (χ0n) is 11.8. The van der Waals surface area contributed by atoms with Crippen LogP contribution in [-0.2, 0) is 9.59 Å². The van der Waals surface area contributed by atoms with E-state index in [2.05, 4.69) is 10.3 Å². The molecule has 1 fully saturated rings. The molecule has 0 unspecified atom stereocenters. The minimum Gasteiger partial charge on any atom is -0.361 e. The summed E-state index contributed by atoms with van der Waals surface area (Å²) in [6, 6.07) is 7.14. The molecule has 0 bridgehead atoms. The van der Waals surface area contributed by atoms with E-state index in [-0.39, 0.29) is 12.5 Å². The molecule has 0 spiro atoms. The van der Waals surface area contributed by atoms with Gasteiger partial charge in [0.2, 0.25) is 5.91 Å². The van der Waals surface area contributed by atoms with Crippen molar-refractivity contribution < 1.29 is 14.4 Å². The Kier molecular flexibility index (Phi) is 2.83. The van der Waals surface area contributed by atoms with E-state index in [1.54, 1.807) is 38.2 Å².